The van der Waals surface area contributed by atoms with Crippen molar-refractivity contribution in [2.75, 3.05) is 87.3 Å². The van der Waals surface area contributed by atoms with E-state index in [9.17, 15) is 29.2 Å². The van der Waals surface area contributed by atoms with Crippen LogP contribution in [0.5, 0.6) is 17.2 Å². The number of pyridine rings is 5. The van der Waals surface area contributed by atoms with E-state index < -0.39 is 17.7 Å². The number of hydrogen-bond acceptors (Lipinski definition) is 28. The molecule has 8 aromatic carbocycles. The van der Waals surface area contributed by atoms with Crippen molar-refractivity contribution in [1.29, 1.82) is 0 Å². The monoisotopic (exact) mass is 1930 g/mol. The van der Waals surface area contributed by atoms with Crippen LogP contribution in [0.2, 0.25) is 0 Å². The van der Waals surface area contributed by atoms with Gasteiger partial charge in [0.05, 0.1) is 80.7 Å². The number of hydrogen-bond donors (Lipinski definition) is 8. The highest BCUT2D eigenvalue weighted by atomic mass is 19.1. The van der Waals surface area contributed by atoms with Crippen LogP contribution in [0.4, 0.5) is 37.9 Å². The molecular weight excluding hydrogens is 1830 g/mol. The number of aromatic hydroxyl groups is 3. The van der Waals surface area contributed by atoms with E-state index in [1.54, 1.807) is 58.6 Å². The van der Waals surface area contributed by atoms with Crippen molar-refractivity contribution in [2.45, 2.75) is 97.0 Å². The summed E-state index contributed by atoms with van der Waals surface area (Å²) in [5.41, 5.74) is 37.0. The summed E-state index contributed by atoms with van der Waals surface area (Å²) in [4.78, 5) is 66.4. The number of aliphatic hydroxyl groups excluding tert-OH is 1. The second-order valence-electron chi connectivity index (χ2n) is 36.1. The van der Waals surface area contributed by atoms with E-state index in [1.807, 2.05) is 138 Å². The molecule has 726 valence electrons. The Morgan fingerprint density at radius 1 is 0.428 bits per heavy atom. The van der Waals surface area contributed by atoms with Crippen molar-refractivity contribution in [1.82, 2.24) is 114 Å². The van der Waals surface area contributed by atoms with Crippen LogP contribution < -0.4 is 27.4 Å². The number of aliphatic hydroxyl groups is 1. The van der Waals surface area contributed by atoms with E-state index in [0.717, 1.165) is 163 Å². The summed E-state index contributed by atoms with van der Waals surface area (Å²) in [5.74, 6) is 6.70. The maximum absolute atomic E-state index is 14.3. The number of aryl methyl sites for hydroxylation is 1. The van der Waals surface area contributed by atoms with Gasteiger partial charge in [-0.15, -0.1) is 0 Å². The Morgan fingerprint density at radius 2 is 0.903 bits per heavy atom. The molecule has 0 aliphatic carbocycles. The summed E-state index contributed by atoms with van der Waals surface area (Å²) >= 11 is 0. The third kappa shape index (κ3) is 20.9. The topological polar surface area (TPSA) is 420 Å². The molecule has 2 fully saturated rings. The molecule has 21 aromatic rings. The lowest BCUT2D eigenvalue weighted by Gasteiger charge is -2.29. The molecule has 2 atom stereocenters. The number of nitrogens with zero attached hydrogens (tertiary/aromatic N) is 24. The quantitative estimate of drug-likeness (QED) is 0.0292. The van der Waals surface area contributed by atoms with Gasteiger partial charge in [0.2, 0.25) is 0 Å². The molecule has 0 bridgehead atoms. The highest BCUT2D eigenvalue weighted by Crippen LogP contribution is 2.41. The maximum Gasteiger partial charge on any atom is 0.165 e. The lowest BCUT2D eigenvalue weighted by molar-refractivity contribution is 0.226. The molecule has 2 aliphatic rings. The highest BCUT2D eigenvalue weighted by Gasteiger charge is 2.29. The van der Waals surface area contributed by atoms with Gasteiger partial charge in [-0.25, -0.2) is 82.3 Å². The van der Waals surface area contributed by atoms with Gasteiger partial charge in [-0.3, -0.25) is 9.97 Å². The average molecular weight is 1930 g/mol. The molecule has 15 heterocycles. The van der Waals surface area contributed by atoms with E-state index >= 15 is 0 Å². The van der Waals surface area contributed by atoms with Gasteiger partial charge in [0, 0.05) is 123 Å². The SMILES string of the molecule is CC(c1cc2ccccc2nc1-c1ccccc1)n1nc(C#C[C@@H](C)O)c2c(N)ncnc21.CNc1ncnc2c1c(-c1cc(O)cc(F)c1)nn2Cc1cc2ccccc2nc1N(C)CCN1CCCCC1.Nc1ncnc2c1c(-c1cc(O)cc(F)c1)nn2Cc1cc2ccccc2nc1CCCN1CCCCC1.Nc1ncnc2c1c(-c1cccc(O)c1)nn2Cc1cc2ccccc2nc1-c1cccnc1. The second kappa shape index (κ2) is 42.5. The molecule has 0 amide bonds. The van der Waals surface area contributed by atoms with Gasteiger partial charge in [-0.2, -0.15) is 20.4 Å². The molecule has 1 unspecified atom stereocenters. The summed E-state index contributed by atoms with van der Waals surface area (Å²) in [6.45, 7) is 12.4. The number of piperidine rings is 2. The van der Waals surface area contributed by atoms with Gasteiger partial charge >= 0.3 is 0 Å². The Labute approximate surface area is 832 Å². The van der Waals surface area contributed by atoms with E-state index in [2.05, 4.69) is 127 Å². The van der Waals surface area contributed by atoms with Crippen molar-refractivity contribution in [2.24, 2.45) is 0 Å². The van der Waals surface area contributed by atoms with E-state index in [4.69, 9.17) is 57.5 Å². The van der Waals surface area contributed by atoms with Gasteiger partial charge in [0.25, 0.3) is 0 Å². The van der Waals surface area contributed by atoms with Gasteiger partial charge < -0.3 is 57.6 Å². The number of para-hydroxylation sites is 4. The maximum atomic E-state index is 14.3. The minimum atomic E-state index is -0.789. The molecule has 34 heteroatoms. The molecular formula is C111H104F2N28O4. The summed E-state index contributed by atoms with van der Waals surface area (Å²) in [6.07, 6.45) is 18.1. The van der Waals surface area contributed by atoms with Crippen molar-refractivity contribution in [3.05, 3.63) is 307 Å². The molecule has 13 aromatic heterocycles. The predicted octanol–water partition coefficient (Wildman–Crippen LogP) is 18.2. The standard InChI is InChI=1S/C30H33FN8O.C29H30FN7O.C26H19N7O.C26H22N6O/c1-32-28-26-27(21-15-23(31)17-24(40)16-21)36-39(30(26)34-19-33-28)18-22-14-20-8-4-5-9-25(20)35-29(22)37(2)12-13-38-10-6-3-7-11-38;30-22-14-20(15-23(38)16-22)27-26-28(31)32-18-33-29(26)37(35-27)17-21-13-19-7-2-3-8-24(19)34-25(21)9-6-12-36-10-4-1-5-11-36;27-25-22-24(17-6-3-8-20(34)12-17)32-33(26(22)30-15-29-25)14-19-11-16-5-1-2-9-21(16)31-23(19)18-7-4-10-28-13-18;1-16(33)12-13-22-23-25(27)28-15-29-26(23)32(31-22)17(2)20-14-19-10-6-7-11-21(19)30-24(20)18-8-4-3-5-9-18/h4-5,8-9,14-17,19,40H,3,6-7,10-13,18H2,1-2H3,(H,32,33,34);2-3,7-8,13-16,18,38H,1,4-6,9-12,17H2,(H2,31,32,33);1-13,15,34H,14H2,(H2,27,29,30);3-11,14-17,33H,1-2H3,(H2,27,28,29)/t;;;16-,17?/m...1/s1. The molecule has 0 saturated carbocycles. The number of phenolic OH excluding ortho intramolecular Hbond substituents is 3. The summed E-state index contributed by atoms with van der Waals surface area (Å²) in [7, 11) is 3.86. The van der Waals surface area contributed by atoms with Crippen LogP contribution in [-0.4, -0.2) is 200 Å². The molecule has 0 radical (unpaired) electrons. The zero-order valence-electron chi connectivity index (χ0n) is 80.2. The van der Waals surface area contributed by atoms with Crippen molar-refractivity contribution < 1.29 is 29.2 Å². The number of anilines is 5. The summed E-state index contributed by atoms with van der Waals surface area (Å²) in [6, 6.07) is 69.3. The smallest absolute Gasteiger partial charge is 0.165 e. The van der Waals surface area contributed by atoms with Crippen molar-refractivity contribution in [3.8, 4) is 85.4 Å². The normalized spacial score (nSPS) is 13.3. The molecule has 2 aliphatic heterocycles. The zero-order valence-corrected chi connectivity index (χ0v) is 80.2. The van der Waals surface area contributed by atoms with Gasteiger partial charge in [-0.1, -0.05) is 134 Å². The van der Waals surface area contributed by atoms with Crippen LogP contribution in [-0.2, 0) is 26.1 Å². The largest absolute Gasteiger partial charge is 0.508 e. The highest BCUT2D eigenvalue weighted by molar-refractivity contribution is 6.02. The first-order valence-electron chi connectivity index (χ1n) is 48.2. The summed E-state index contributed by atoms with van der Waals surface area (Å²) < 4.78 is 35.6. The molecule has 145 heavy (non-hydrogen) atoms. The van der Waals surface area contributed by atoms with Gasteiger partial charge in [0.15, 0.2) is 22.6 Å². The van der Waals surface area contributed by atoms with Gasteiger partial charge in [0.1, 0.15) is 112 Å². The van der Waals surface area contributed by atoms with Crippen LogP contribution >= 0.6 is 0 Å². The number of rotatable bonds is 22. The number of fused-ring (bicyclic) bond motifs is 8. The Bertz CT molecular complexity index is 8370. The van der Waals surface area contributed by atoms with Crippen molar-refractivity contribution >= 4 is 117 Å². The first kappa shape index (κ1) is 95.0. The number of halogens is 2. The van der Waals surface area contributed by atoms with Crippen LogP contribution in [0.15, 0.2) is 262 Å². The first-order chi connectivity index (χ1) is 70.7. The van der Waals surface area contributed by atoms with Gasteiger partial charge in [-0.05, 0) is 194 Å². The fourth-order valence-corrected chi connectivity index (χ4v) is 19.1. The third-order valence-electron chi connectivity index (χ3n) is 26.1. The molecule has 11 N–H and O–H groups in total. The number of nitrogens with one attached hydrogen (secondary N) is 1. The Kier molecular flexibility index (Phi) is 27.8. The van der Waals surface area contributed by atoms with E-state index in [-0.39, 0.29) is 29.1 Å². The summed E-state index contributed by atoms with van der Waals surface area (Å²) in [5, 5.41) is 68.7. The van der Waals surface area contributed by atoms with Crippen LogP contribution in [0.25, 0.3) is 144 Å². The minimum Gasteiger partial charge on any atom is -0.508 e. The number of likely N-dealkylation sites (tertiary alicyclic amines) is 2. The number of phenols is 3. The lowest BCUT2D eigenvalue weighted by atomic mass is 9.98. The minimum absolute atomic E-state index is 0.146. The molecule has 32 nitrogen and oxygen atoms in total. The number of benzene rings is 8. The van der Waals surface area contributed by atoms with Crippen LogP contribution in [0, 0.1) is 23.5 Å². The molecule has 23 rings (SSSR count). The Hall–Kier alpha value is -17.6. The third-order valence-corrected chi connectivity index (χ3v) is 26.1. The Balaban J connectivity index is 0.000000118. The van der Waals surface area contributed by atoms with E-state index in [1.165, 1.54) is 101 Å². The predicted molar refractivity (Wildman–Crippen MR) is 563 cm³/mol. The lowest BCUT2D eigenvalue weighted by Crippen LogP contribution is -2.37. The zero-order chi connectivity index (χ0) is 99.7. The Morgan fingerprint density at radius 3 is 1.48 bits per heavy atom. The fourth-order valence-electron chi connectivity index (χ4n) is 19.1. The average Bonchev–Trinajstić information content (AvgIpc) is 1.76. The number of likely N-dealkylation sites (N-methyl/N-ethyl adjacent to an activating group) is 1. The molecule has 0 spiro atoms. The van der Waals surface area contributed by atoms with Crippen LogP contribution in [0.1, 0.15) is 98.5 Å². The first-order valence-corrected chi connectivity index (χ1v) is 48.2. The number of nitrogen functional groups attached to an aromatic ring is 3. The molecule has 2 saturated heterocycles. The van der Waals surface area contributed by atoms with Crippen molar-refractivity contribution in [3.63, 3.8) is 0 Å². The number of aromatic nitrogens is 21. The van der Waals surface area contributed by atoms with E-state index in [0.29, 0.717) is 115 Å². The second-order valence-corrected chi connectivity index (χ2v) is 36.1. The number of nitrogens with two attached hydrogens (primary N) is 3. The van der Waals surface area contributed by atoms with Crippen LogP contribution in [0.3, 0.4) is 0 Å². The fraction of sp³-hybridized carbons (Fsp3) is 0.216.